The third-order valence-corrected chi connectivity index (χ3v) is 3.97. The van der Waals surface area contributed by atoms with Gasteiger partial charge in [0.1, 0.15) is 0 Å². The second-order valence-corrected chi connectivity index (χ2v) is 6.39. The van der Waals surface area contributed by atoms with Gasteiger partial charge in [0.2, 0.25) is 0 Å². The van der Waals surface area contributed by atoms with Crippen LogP contribution in [0.2, 0.25) is 0 Å². The first-order valence-corrected chi connectivity index (χ1v) is 7.42. The smallest absolute Gasteiger partial charge is 0.0731 e. The summed E-state index contributed by atoms with van der Waals surface area (Å²) in [7, 11) is 0. The van der Waals surface area contributed by atoms with E-state index in [0.29, 0.717) is 11.5 Å². The second kappa shape index (κ2) is 7.38. The lowest BCUT2D eigenvalue weighted by molar-refractivity contribution is -0.0202. The van der Waals surface area contributed by atoms with E-state index in [4.69, 9.17) is 10.5 Å². The summed E-state index contributed by atoms with van der Waals surface area (Å²) in [6, 6.07) is 0.263. The fraction of sp³-hybridized carbons (Fsp3) is 1.00. The van der Waals surface area contributed by atoms with Gasteiger partial charge in [-0.25, -0.2) is 0 Å². The van der Waals surface area contributed by atoms with Gasteiger partial charge in [-0.05, 0) is 31.1 Å². The molecule has 2 nitrogen and oxygen atoms in total. The first-order valence-electron chi connectivity index (χ1n) is 7.42. The lowest BCUT2D eigenvalue weighted by Crippen LogP contribution is -2.44. The molecule has 2 atom stereocenters. The number of unbranched alkanes of at least 4 members (excludes halogenated alkanes) is 4. The van der Waals surface area contributed by atoms with Crippen molar-refractivity contribution in [2.24, 2.45) is 11.1 Å². The standard InChI is InChI=1S/C15H31NO/c1-4-5-6-7-8-11-17-14-12-15(2,3)10-9-13(14)16/h13-14H,4-12,16H2,1-3H3. The van der Waals surface area contributed by atoms with E-state index in [1.807, 2.05) is 0 Å². The maximum Gasteiger partial charge on any atom is 0.0731 e. The molecule has 102 valence electrons. The molecule has 0 spiro atoms. The third kappa shape index (κ3) is 5.87. The highest BCUT2D eigenvalue weighted by atomic mass is 16.5. The Labute approximate surface area is 107 Å². The van der Waals surface area contributed by atoms with Crippen LogP contribution in [0.3, 0.4) is 0 Å². The molecule has 1 saturated carbocycles. The van der Waals surface area contributed by atoms with Gasteiger partial charge in [0, 0.05) is 12.6 Å². The lowest BCUT2D eigenvalue weighted by atomic mass is 9.74. The predicted octanol–water partition coefficient (Wildman–Crippen LogP) is 3.88. The number of hydrogen-bond acceptors (Lipinski definition) is 2. The van der Waals surface area contributed by atoms with E-state index in [1.165, 1.54) is 38.5 Å². The van der Waals surface area contributed by atoms with Crippen molar-refractivity contribution in [2.45, 2.75) is 84.3 Å². The van der Waals surface area contributed by atoms with Crippen LogP contribution in [0, 0.1) is 5.41 Å². The highest BCUT2D eigenvalue weighted by Crippen LogP contribution is 2.36. The molecule has 0 aromatic heterocycles. The fourth-order valence-electron chi connectivity index (χ4n) is 2.66. The maximum atomic E-state index is 6.14. The molecular formula is C15H31NO. The van der Waals surface area contributed by atoms with E-state index >= 15 is 0 Å². The predicted molar refractivity (Wildman–Crippen MR) is 74.1 cm³/mol. The summed E-state index contributed by atoms with van der Waals surface area (Å²) in [4.78, 5) is 0. The van der Waals surface area contributed by atoms with Gasteiger partial charge in [-0.2, -0.15) is 0 Å². The minimum atomic E-state index is 0.263. The van der Waals surface area contributed by atoms with Crippen molar-refractivity contribution in [3.8, 4) is 0 Å². The van der Waals surface area contributed by atoms with Crippen LogP contribution >= 0.6 is 0 Å². The van der Waals surface area contributed by atoms with Gasteiger partial charge in [0.05, 0.1) is 6.10 Å². The molecule has 2 heteroatoms. The Balaban J connectivity index is 2.12. The van der Waals surface area contributed by atoms with Crippen LogP contribution in [0.5, 0.6) is 0 Å². The third-order valence-electron chi connectivity index (χ3n) is 3.97. The molecule has 0 bridgehead atoms. The molecular weight excluding hydrogens is 210 g/mol. The number of hydrogen-bond donors (Lipinski definition) is 1. The van der Waals surface area contributed by atoms with E-state index in [9.17, 15) is 0 Å². The average Bonchev–Trinajstić information content (AvgIpc) is 2.28. The van der Waals surface area contributed by atoms with Crippen molar-refractivity contribution in [1.82, 2.24) is 0 Å². The average molecular weight is 241 g/mol. The van der Waals surface area contributed by atoms with Crippen molar-refractivity contribution < 1.29 is 4.74 Å². The molecule has 1 fully saturated rings. The molecule has 1 rings (SSSR count). The minimum Gasteiger partial charge on any atom is -0.377 e. The van der Waals surface area contributed by atoms with Gasteiger partial charge >= 0.3 is 0 Å². The second-order valence-electron chi connectivity index (χ2n) is 6.39. The molecule has 1 aliphatic rings. The van der Waals surface area contributed by atoms with Crippen molar-refractivity contribution in [2.75, 3.05) is 6.61 Å². The highest BCUT2D eigenvalue weighted by Gasteiger charge is 2.33. The number of nitrogens with two attached hydrogens (primary N) is 1. The van der Waals surface area contributed by atoms with E-state index in [0.717, 1.165) is 19.4 Å². The quantitative estimate of drug-likeness (QED) is 0.687. The lowest BCUT2D eigenvalue weighted by Gasteiger charge is -2.39. The van der Waals surface area contributed by atoms with Crippen LogP contribution in [-0.2, 0) is 4.74 Å². The van der Waals surface area contributed by atoms with Crippen molar-refractivity contribution >= 4 is 0 Å². The summed E-state index contributed by atoms with van der Waals surface area (Å²) >= 11 is 0. The SMILES string of the molecule is CCCCCCCOC1CC(C)(C)CCC1N. The van der Waals surface area contributed by atoms with Crippen molar-refractivity contribution in [3.63, 3.8) is 0 Å². The Bertz CT molecular complexity index is 203. The van der Waals surface area contributed by atoms with Crippen LogP contribution < -0.4 is 5.73 Å². The van der Waals surface area contributed by atoms with Gasteiger partial charge in [0.25, 0.3) is 0 Å². The molecule has 0 amide bonds. The molecule has 0 heterocycles. The Morgan fingerprint density at radius 2 is 1.88 bits per heavy atom. The van der Waals surface area contributed by atoms with Gasteiger partial charge in [-0.15, -0.1) is 0 Å². The van der Waals surface area contributed by atoms with Crippen LogP contribution in [0.4, 0.5) is 0 Å². The summed E-state index contributed by atoms with van der Waals surface area (Å²) < 4.78 is 5.99. The zero-order valence-corrected chi connectivity index (χ0v) is 12.0. The molecule has 0 aromatic carbocycles. The summed E-state index contributed by atoms with van der Waals surface area (Å²) in [5, 5.41) is 0. The first kappa shape index (κ1) is 15.0. The van der Waals surface area contributed by atoms with Crippen molar-refractivity contribution in [3.05, 3.63) is 0 Å². The van der Waals surface area contributed by atoms with Gasteiger partial charge in [-0.3, -0.25) is 0 Å². The molecule has 2 unspecified atom stereocenters. The molecule has 2 N–H and O–H groups in total. The van der Waals surface area contributed by atoms with E-state index in [1.54, 1.807) is 0 Å². The van der Waals surface area contributed by atoms with Gasteiger partial charge < -0.3 is 10.5 Å². The molecule has 1 aliphatic carbocycles. The van der Waals surface area contributed by atoms with E-state index in [-0.39, 0.29) is 6.04 Å². The van der Waals surface area contributed by atoms with Crippen LogP contribution in [0.15, 0.2) is 0 Å². The van der Waals surface area contributed by atoms with Crippen molar-refractivity contribution in [1.29, 1.82) is 0 Å². The topological polar surface area (TPSA) is 35.2 Å². The monoisotopic (exact) mass is 241 g/mol. The molecule has 0 saturated heterocycles. The Morgan fingerprint density at radius 3 is 2.59 bits per heavy atom. The Kier molecular flexibility index (Phi) is 6.50. The molecule has 0 aromatic rings. The Morgan fingerprint density at radius 1 is 1.18 bits per heavy atom. The van der Waals surface area contributed by atoms with E-state index < -0.39 is 0 Å². The van der Waals surface area contributed by atoms with Gasteiger partial charge in [0.15, 0.2) is 0 Å². The maximum absolute atomic E-state index is 6.14. The van der Waals surface area contributed by atoms with Crippen LogP contribution in [0.25, 0.3) is 0 Å². The largest absolute Gasteiger partial charge is 0.377 e. The fourth-order valence-corrected chi connectivity index (χ4v) is 2.66. The highest BCUT2D eigenvalue weighted by molar-refractivity contribution is 4.87. The van der Waals surface area contributed by atoms with Crippen LogP contribution in [0.1, 0.15) is 72.1 Å². The zero-order chi connectivity index (χ0) is 12.7. The van der Waals surface area contributed by atoms with Gasteiger partial charge in [-0.1, -0.05) is 46.5 Å². The summed E-state index contributed by atoms with van der Waals surface area (Å²) in [6.45, 7) is 7.81. The number of rotatable bonds is 7. The first-order chi connectivity index (χ1) is 8.05. The van der Waals surface area contributed by atoms with Crippen LogP contribution in [-0.4, -0.2) is 18.8 Å². The minimum absolute atomic E-state index is 0.263. The molecule has 0 radical (unpaired) electrons. The normalized spacial score (nSPS) is 28.2. The summed E-state index contributed by atoms with van der Waals surface area (Å²) in [6.07, 6.45) is 10.3. The molecule has 17 heavy (non-hydrogen) atoms. The molecule has 0 aliphatic heterocycles. The van der Waals surface area contributed by atoms with E-state index in [2.05, 4.69) is 20.8 Å². The summed E-state index contributed by atoms with van der Waals surface area (Å²) in [5.41, 5.74) is 6.56. The summed E-state index contributed by atoms with van der Waals surface area (Å²) in [5.74, 6) is 0. The Hall–Kier alpha value is -0.0800. The number of ether oxygens (including phenoxy) is 1. The zero-order valence-electron chi connectivity index (χ0n) is 12.0.